The van der Waals surface area contributed by atoms with Gasteiger partial charge < -0.3 is 4.74 Å². The van der Waals surface area contributed by atoms with Gasteiger partial charge in [-0.25, -0.2) is 4.39 Å². The summed E-state index contributed by atoms with van der Waals surface area (Å²) < 4.78 is 17.7. The van der Waals surface area contributed by atoms with Gasteiger partial charge in [-0.1, -0.05) is 28.1 Å². The Morgan fingerprint density at radius 1 is 1.57 bits per heavy atom. The van der Waals surface area contributed by atoms with Crippen molar-refractivity contribution in [2.45, 2.75) is 11.8 Å². The number of esters is 1. The van der Waals surface area contributed by atoms with Gasteiger partial charge in [0.1, 0.15) is 10.6 Å². The minimum atomic E-state index is -0.609. The molecule has 0 heterocycles. The van der Waals surface area contributed by atoms with Crippen LogP contribution in [0.1, 0.15) is 16.0 Å². The number of hydrogen-bond donors (Lipinski definition) is 0. The summed E-state index contributed by atoms with van der Waals surface area (Å²) in [7, 11) is 1.29. The molecule has 76 valence electrons. The van der Waals surface area contributed by atoms with Crippen molar-refractivity contribution in [3.8, 4) is 0 Å². The van der Waals surface area contributed by atoms with E-state index < -0.39 is 10.8 Å². The molecule has 0 aromatic heterocycles. The fraction of sp³-hybridized carbons (Fsp3) is 0.300. The molecule has 1 atom stereocenters. The Hall–Kier alpha value is -0.900. The Labute approximate surface area is 90.2 Å². The van der Waals surface area contributed by atoms with Crippen LogP contribution < -0.4 is 0 Å². The number of hydrogen-bond acceptors (Lipinski definition) is 2. The second-order valence-corrected chi connectivity index (χ2v) is 3.81. The molecule has 0 bridgehead atoms. The highest BCUT2D eigenvalue weighted by Crippen LogP contribution is 2.25. The second kappa shape index (κ2) is 4.55. The van der Waals surface area contributed by atoms with Crippen LogP contribution in [0.5, 0.6) is 0 Å². The molecular formula is C10H10BrFO2. The van der Waals surface area contributed by atoms with Crippen molar-refractivity contribution >= 4 is 21.9 Å². The first-order chi connectivity index (χ1) is 6.56. The van der Waals surface area contributed by atoms with Gasteiger partial charge in [0.2, 0.25) is 0 Å². The lowest BCUT2D eigenvalue weighted by Gasteiger charge is -2.08. The number of carbonyl (C=O) groups is 1. The van der Waals surface area contributed by atoms with Gasteiger partial charge >= 0.3 is 5.97 Å². The molecule has 1 aromatic carbocycles. The number of alkyl halides is 1. The van der Waals surface area contributed by atoms with Crippen molar-refractivity contribution < 1.29 is 13.9 Å². The molecule has 1 rings (SSSR count). The van der Waals surface area contributed by atoms with E-state index in [-0.39, 0.29) is 5.82 Å². The van der Waals surface area contributed by atoms with E-state index in [4.69, 9.17) is 0 Å². The zero-order chi connectivity index (χ0) is 10.7. The summed E-state index contributed by atoms with van der Waals surface area (Å²) in [5, 5.41) is 0. The molecular weight excluding hydrogens is 251 g/mol. The molecule has 4 heteroatoms. The predicted molar refractivity (Wildman–Crippen MR) is 54.8 cm³/mol. The highest BCUT2D eigenvalue weighted by atomic mass is 79.9. The van der Waals surface area contributed by atoms with Gasteiger partial charge in [0.25, 0.3) is 0 Å². The fourth-order valence-corrected chi connectivity index (χ4v) is 1.48. The van der Waals surface area contributed by atoms with Crippen LogP contribution in [0.4, 0.5) is 4.39 Å². The average molecular weight is 261 g/mol. The fourth-order valence-electron chi connectivity index (χ4n) is 1.01. The number of aryl methyl sites for hydroxylation is 1. The maximum atomic E-state index is 13.1. The van der Waals surface area contributed by atoms with Gasteiger partial charge in [-0.15, -0.1) is 0 Å². The van der Waals surface area contributed by atoms with Crippen molar-refractivity contribution in [1.82, 2.24) is 0 Å². The van der Waals surface area contributed by atoms with Gasteiger partial charge in [0.15, 0.2) is 0 Å². The summed E-state index contributed by atoms with van der Waals surface area (Å²) in [5.41, 5.74) is 1.11. The van der Waals surface area contributed by atoms with Crippen LogP contribution in [0.3, 0.4) is 0 Å². The zero-order valence-electron chi connectivity index (χ0n) is 7.88. The summed E-state index contributed by atoms with van der Waals surface area (Å²) in [5.74, 6) is -0.760. The summed E-state index contributed by atoms with van der Waals surface area (Å²) in [4.78, 5) is 10.5. The van der Waals surface area contributed by atoms with Crippen molar-refractivity contribution in [3.05, 3.63) is 35.1 Å². The first-order valence-corrected chi connectivity index (χ1v) is 4.95. The third-order valence-corrected chi connectivity index (χ3v) is 2.80. The molecule has 1 aromatic rings. The molecule has 0 saturated heterocycles. The van der Waals surface area contributed by atoms with E-state index in [0.29, 0.717) is 11.1 Å². The van der Waals surface area contributed by atoms with E-state index in [1.54, 1.807) is 19.1 Å². The van der Waals surface area contributed by atoms with Crippen LogP contribution in [-0.4, -0.2) is 13.1 Å². The largest absolute Gasteiger partial charge is 0.468 e. The topological polar surface area (TPSA) is 26.3 Å². The minimum Gasteiger partial charge on any atom is -0.468 e. The summed E-state index contributed by atoms with van der Waals surface area (Å²) in [6.07, 6.45) is 0. The molecule has 0 aliphatic carbocycles. The number of benzene rings is 1. The van der Waals surface area contributed by atoms with Crippen molar-refractivity contribution in [2.75, 3.05) is 7.11 Å². The number of carbonyl (C=O) groups excluding carboxylic acids is 1. The van der Waals surface area contributed by atoms with E-state index in [1.165, 1.54) is 13.2 Å². The summed E-state index contributed by atoms with van der Waals surface area (Å²) >= 11 is 3.13. The summed E-state index contributed by atoms with van der Waals surface area (Å²) in [6, 6.07) is 4.64. The number of methoxy groups -OCH3 is 1. The van der Waals surface area contributed by atoms with Gasteiger partial charge in [-0.3, -0.25) is 4.79 Å². The predicted octanol–water partition coefficient (Wildman–Crippen LogP) is 2.74. The molecule has 0 aliphatic rings. The van der Waals surface area contributed by atoms with E-state index in [1.807, 2.05) is 0 Å². The first-order valence-electron chi connectivity index (χ1n) is 4.04. The lowest BCUT2D eigenvalue weighted by Crippen LogP contribution is -2.08. The average Bonchev–Trinajstić information content (AvgIpc) is 2.20. The molecule has 0 fully saturated rings. The van der Waals surface area contributed by atoms with Crippen molar-refractivity contribution in [1.29, 1.82) is 0 Å². The van der Waals surface area contributed by atoms with Gasteiger partial charge in [0.05, 0.1) is 7.11 Å². The molecule has 0 radical (unpaired) electrons. The minimum absolute atomic E-state index is 0.323. The van der Waals surface area contributed by atoms with Gasteiger partial charge in [-0.2, -0.15) is 0 Å². The monoisotopic (exact) mass is 260 g/mol. The Balaban J connectivity index is 2.96. The maximum Gasteiger partial charge on any atom is 0.323 e. The van der Waals surface area contributed by atoms with E-state index >= 15 is 0 Å². The molecule has 0 aliphatic heterocycles. The van der Waals surface area contributed by atoms with Crippen molar-refractivity contribution in [2.24, 2.45) is 0 Å². The quantitative estimate of drug-likeness (QED) is 0.604. The Morgan fingerprint density at radius 2 is 2.21 bits per heavy atom. The van der Waals surface area contributed by atoms with E-state index in [9.17, 15) is 9.18 Å². The first kappa shape index (κ1) is 11.2. The molecule has 0 saturated carbocycles. The maximum absolute atomic E-state index is 13.1. The van der Waals surface area contributed by atoms with Gasteiger partial charge in [0, 0.05) is 0 Å². The van der Waals surface area contributed by atoms with Crippen LogP contribution in [0.15, 0.2) is 18.2 Å². The Kier molecular flexibility index (Phi) is 3.63. The van der Waals surface area contributed by atoms with Crippen molar-refractivity contribution in [3.63, 3.8) is 0 Å². The smallest absolute Gasteiger partial charge is 0.323 e. The number of rotatable bonds is 2. The molecule has 0 amide bonds. The van der Waals surface area contributed by atoms with Crippen LogP contribution in [0.25, 0.3) is 0 Å². The summed E-state index contributed by atoms with van der Waals surface area (Å²) in [6.45, 7) is 1.67. The number of halogens is 2. The van der Waals surface area contributed by atoms with Crippen LogP contribution in [0, 0.1) is 12.7 Å². The van der Waals surface area contributed by atoms with Crippen LogP contribution >= 0.6 is 15.9 Å². The highest BCUT2D eigenvalue weighted by molar-refractivity contribution is 9.09. The Morgan fingerprint density at radius 3 is 2.71 bits per heavy atom. The normalized spacial score (nSPS) is 12.3. The Bertz CT molecular complexity index is 352. The third kappa shape index (κ3) is 2.32. The molecule has 1 unspecified atom stereocenters. The molecule has 0 spiro atoms. The molecule has 0 N–H and O–H groups in total. The number of ether oxygens (including phenoxy) is 1. The molecule has 2 nitrogen and oxygen atoms in total. The zero-order valence-corrected chi connectivity index (χ0v) is 9.47. The van der Waals surface area contributed by atoms with E-state index in [0.717, 1.165) is 0 Å². The highest BCUT2D eigenvalue weighted by Gasteiger charge is 2.18. The van der Waals surface area contributed by atoms with Crippen LogP contribution in [-0.2, 0) is 9.53 Å². The lowest BCUT2D eigenvalue weighted by atomic mass is 10.1. The van der Waals surface area contributed by atoms with Gasteiger partial charge in [-0.05, 0) is 24.1 Å². The van der Waals surface area contributed by atoms with Crippen LogP contribution in [0.2, 0.25) is 0 Å². The third-order valence-electron chi connectivity index (χ3n) is 1.90. The molecule has 14 heavy (non-hydrogen) atoms. The van der Waals surface area contributed by atoms with E-state index in [2.05, 4.69) is 20.7 Å². The second-order valence-electron chi connectivity index (χ2n) is 2.89. The lowest BCUT2D eigenvalue weighted by molar-refractivity contribution is -0.139. The standard InChI is InChI=1S/C10H10BrFO2/c1-6-3-4-7(5-8(6)12)9(11)10(13)14-2/h3-5,9H,1-2H3. The SMILES string of the molecule is COC(=O)C(Br)c1ccc(C)c(F)c1.